The molecule has 1 saturated carbocycles. The molecule has 0 bridgehead atoms. The van der Waals surface area contributed by atoms with E-state index in [0.717, 1.165) is 25.3 Å². The third kappa shape index (κ3) is 3.25. The van der Waals surface area contributed by atoms with E-state index in [0.29, 0.717) is 11.5 Å². The summed E-state index contributed by atoms with van der Waals surface area (Å²) in [5, 5.41) is 8.70. The zero-order valence-electron chi connectivity index (χ0n) is 12.4. The molecule has 1 aromatic carbocycles. The van der Waals surface area contributed by atoms with Crippen LogP contribution in [0.4, 0.5) is 18.9 Å². The van der Waals surface area contributed by atoms with E-state index in [1.165, 1.54) is 12.1 Å². The highest BCUT2D eigenvalue weighted by atomic mass is 19.4. The Morgan fingerprint density at radius 3 is 2.65 bits per heavy atom. The Kier molecular flexibility index (Phi) is 3.91. The third-order valence-corrected chi connectivity index (χ3v) is 4.25. The first kappa shape index (κ1) is 15.6. The van der Waals surface area contributed by atoms with Crippen LogP contribution in [0.25, 0.3) is 11.5 Å². The Labute approximate surface area is 129 Å². The fraction of sp³-hybridized carbons (Fsp3) is 0.467. The fourth-order valence-electron chi connectivity index (χ4n) is 2.70. The molecule has 0 unspecified atom stereocenters. The van der Waals surface area contributed by atoms with Crippen LogP contribution in [-0.2, 0) is 6.18 Å². The van der Waals surface area contributed by atoms with Crippen LogP contribution < -0.4 is 11.1 Å². The molecule has 1 aliphatic carbocycles. The number of halogens is 3. The number of nitrogens with zero attached hydrogens (tertiary/aromatic N) is 1. The summed E-state index contributed by atoms with van der Waals surface area (Å²) >= 11 is 0. The summed E-state index contributed by atoms with van der Waals surface area (Å²) in [6.45, 7) is 1.88. The Hall–Kier alpha value is -2.25. The summed E-state index contributed by atoms with van der Waals surface area (Å²) in [5.41, 5.74) is -0.468. The molecule has 1 atom stereocenters. The molecule has 8 heteroatoms. The Morgan fingerprint density at radius 2 is 2.13 bits per heavy atom. The van der Waals surface area contributed by atoms with Gasteiger partial charge in [0.2, 0.25) is 5.89 Å². The van der Waals surface area contributed by atoms with Gasteiger partial charge in [-0.2, -0.15) is 13.2 Å². The topological polar surface area (TPSA) is 70.9 Å². The van der Waals surface area contributed by atoms with E-state index in [1.54, 1.807) is 0 Å². The molecule has 124 valence electrons. The molecule has 2 aromatic rings. The van der Waals surface area contributed by atoms with E-state index in [2.05, 4.69) is 15.5 Å². The van der Waals surface area contributed by atoms with Crippen molar-refractivity contribution in [1.82, 2.24) is 10.2 Å². The number of benzene rings is 1. The van der Waals surface area contributed by atoms with Crippen molar-refractivity contribution in [3.05, 3.63) is 34.3 Å². The van der Waals surface area contributed by atoms with E-state index < -0.39 is 17.5 Å². The molecule has 0 radical (unpaired) electrons. The molecule has 3 rings (SSSR count). The highest BCUT2D eigenvalue weighted by Gasteiger charge is 2.35. The van der Waals surface area contributed by atoms with E-state index >= 15 is 0 Å². The van der Waals surface area contributed by atoms with Crippen molar-refractivity contribution in [1.29, 1.82) is 0 Å². The first-order chi connectivity index (χ1) is 10.8. The number of rotatable bonds is 4. The molecule has 2 N–H and O–H groups in total. The lowest BCUT2D eigenvalue weighted by Crippen LogP contribution is -2.31. The second kappa shape index (κ2) is 5.75. The summed E-state index contributed by atoms with van der Waals surface area (Å²) in [6.07, 6.45) is -1.32. The van der Waals surface area contributed by atoms with Crippen molar-refractivity contribution in [3.63, 3.8) is 0 Å². The maximum absolute atomic E-state index is 13.2. The Bertz CT molecular complexity index is 747. The normalized spacial score (nSPS) is 16.9. The van der Waals surface area contributed by atoms with Gasteiger partial charge in [0.05, 0.1) is 5.56 Å². The van der Waals surface area contributed by atoms with Gasteiger partial charge < -0.3 is 9.73 Å². The average Bonchev–Trinajstić information content (AvgIpc) is 2.82. The molecule has 0 saturated heterocycles. The molecule has 0 spiro atoms. The van der Waals surface area contributed by atoms with Gasteiger partial charge in [0, 0.05) is 17.3 Å². The second-order valence-corrected chi connectivity index (χ2v) is 5.80. The van der Waals surface area contributed by atoms with Crippen molar-refractivity contribution in [2.75, 3.05) is 5.32 Å². The number of anilines is 1. The smallest absolute Gasteiger partial charge is 0.388 e. The number of hydrogen-bond acceptors (Lipinski definition) is 4. The van der Waals surface area contributed by atoms with Gasteiger partial charge >= 0.3 is 11.9 Å². The SMILES string of the molecule is C[C@H](Nc1cc(-c2n[nH]c(=O)o2)ccc1C(F)(F)F)C1CCC1. The summed E-state index contributed by atoms with van der Waals surface area (Å²) in [6, 6.07) is 3.46. The molecule has 1 heterocycles. The van der Waals surface area contributed by atoms with Crippen LogP contribution in [0.2, 0.25) is 0 Å². The van der Waals surface area contributed by atoms with Gasteiger partial charge in [-0.3, -0.25) is 0 Å². The van der Waals surface area contributed by atoms with Crippen LogP contribution in [0.1, 0.15) is 31.7 Å². The lowest BCUT2D eigenvalue weighted by Gasteiger charge is -2.33. The molecule has 0 amide bonds. The van der Waals surface area contributed by atoms with Gasteiger partial charge in [-0.15, -0.1) is 5.10 Å². The van der Waals surface area contributed by atoms with Crippen LogP contribution in [0.15, 0.2) is 27.4 Å². The molecule has 1 fully saturated rings. The molecule has 0 aliphatic heterocycles. The first-order valence-corrected chi connectivity index (χ1v) is 7.38. The number of alkyl halides is 3. The minimum Gasteiger partial charge on any atom is -0.388 e. The quantitative estimate of drug-likeness (QED) is 0.899. The van der Waals surface area contributed by atoms with E-state index in [-0.39, 0.29) is 17.6 Å². The van der Waals surface area contributed by atoms with Crippen LogP contribution in [-0.4, -0.2) is 16.2 Å². The van der Waals surface area contributed by atoms with Crippen molar-refractivity contribution in [2.24, 2.45) is 5.92 Å². The summed E-state index contributed by atoms with van der Waals surface area (Å²) in [4.78, 5) is 11.0. The molecular weight excluding hydrogens is 311 g/mol. The minimum atomic E-state index is -4.47. The summed E-state index contributed by atoms with van der Waals surface area (Å²) in [5.74, 6) is -0.414. The van der Waals surface area contributed by atoms with Gasteiger partial charge in [0.1, 0.15) is 0 Å². The fourth-order valence-corrected chi connectivity index (χ4v) is 2.70. The largest absolute Gasteiger partial charge is 0.434 e. The number of hydrogen-bond donors (Lipinski definition) is 2. The maximum Gasteiger partial charge on any atom is 0.434 e. The zero-order valence-corrected chi connectivity index (χ0v) is 12.4. The van der Waals surface area contributed by atoms with E-state index in [9.17, 15) is 18.0 Å². The first-order valence-electron chi connectivity index (χ1n) is 7.38. The van der Waals surface area contributed by atoms with Gasteiger partial charge in [0.25, 0.3) is 0 Å². The van der Waals surface area contributed by atoms with Gasteiger partial charge in [-0.05, 0) is 43.9 Å². The second-order valence-electron chi connectivity index (χ2n) is 5.80. The van der Waals surface area contributed by atoms with Gasteiger partial charge in [-0.25, -0.2) is 9.89 Å². The minimum absolute atomic E-state index is 0.0277. The molecule has 5 nitrogen and oxygen atoms in total. The van der Waals surface area contributed by atoms with Gasteiger partial charge in [0.15, 0.2) is 0 Å². The van der Waals surface area contributed by atoms with Crippen molar-refractivity contribution >= 4 is 5.69 Å². The van der Waals surface area contributed by atoms with Crippen LogP contribution >= 0.6 is 0 Å². The van der Waals surface area contributed by atoms with Crippen molar-refractivity contribution in [3.8, 4) is 11.5 Å². The standard InChI is InChI=1S/C15H16F3N3O2/c1-8(9-3-2-4-9)19-12-7-10(13-20-21-14(22)23-13)5-6-11(12)15(16,17)18/h5-9,19H,2-4H2,1H3,(H,21,22)/t8-/m0/s1. The number of aromatic nitrogens is 2. The lowest BCUT2D eigenvalue weighted by molar-refractivity contribution is -0.137. The Morgan fingerprint density at radius 1 is 1.39 bits per heavy atom. The highest BCUT2D eigenvalue weighted by molar-refractivity contribution is 5.65. The molecular formula is C15H16F3N3O2. The monoisotopic (exact) mass is 327 g/mol. The molecule has 1 aromatic heterocycles. The van der Waals surface area contributed by atoms with Gasteiger partial charge in [-0.1, -0.05) is 6.42 Å². The number of nitrogens with one attached hydrogen (secondary N) is 2. The van der Waals surface area contributed by atoms with E-state index in [4.69, 9.17) is 4.42 Å². The molecule has 23 heavy (non-hydrogen) atoms. The lowest BCUT2D eigenvalue weighted by atomic mass is 9.80. The summed E-state index contributed by atoms with van der Waals surface area (Å²) in [7, 11) is 0. The predicted molar refractivity (Wildman–Crippen MR) is 78.0 cm³/mol. The van der Waals surface area contributed by atoms with E-state index in [1.807, 2.05) is 6.92 Å². The highest BCUT2D eigenvalue weighted by Crippen LogP contribution is 2.38. The summed E-state index contributed by atoms with van der Waals surface area (Å²) < 4.78 is 44.4. The third-order valence-electron chi connectivity index (χ3n) is 4.25. The maximum atomic E-state index is 13.2. The zero-order chi connectivity index (χ0) is 16.6. The van der Waals surface area contributed by atoms with Crippen LogP contribution in [0, 0.1) is 5.92 Å². The molecule has 1 aliphatic rings. The number of aromatic amines is 1. The van der Waals surface area contributed by atoms with Crippen LogP contribution in [0.5, 0.6) is 0 Å². The van der Waals surface area contributed by atoms with Crippen LogP contribution in [0.3, 0.4) is 0 Å². The number of H-pyrrole nitrogens is 1. The van der Waals surface area contributed by atoms with Crippen molar-refractivity contribution in [2.45, 2.75) is 38.4 Å². The predicted octanol–water partition coefficient (Wildman–Crippen LogP) is 3.65. The van der Waals surface area contributed by atoms with Crippen molar-refractivity contribution < 1.29 is 17.6 Å². The Balaban J connectivity index is 1.96. The average molecular weight is 327 g/mol.